The maximum absolute atomic E-state index is 13.5. The number of nitrogens with one attached hydrogen (secondary N) is 1. The molecular formula is C29H24N4O2. The summed E-state index contributed by atoms with van der Waals surface area (Å²) in [5.41, 5.74) is 3.81. The first-order valence-electron chi connectivity index (χ1n) is 11.9. The third-order valence-electron chi connectivity index (χ3n) is 7.19. The standard InChI is InChI=1S/C29H24N4O2/c30-15-19-4-3-7-25(13-19)31-29(35)32-16-20-12-24(18-32)27-11-10-26(28(34)33(27)17-20)23-9-8-21-5-1-2-6-22(21)14-23/h1-11,13-14,20,24H,12,16-18H2,(H,31,35)/t20-,24+/m0/s1. The smallest absolute Gasteiger partial charge is 0.321 e. The molecule has 4 aromatic rings. The van der Waals surface area contributed by atoms with Crippen molar-refractivity contribution >= 4 is 22.5 Å². The minimum absolute atomic E-state index is 0.0405. The first-order valence-corrected chi connectivity index (χ1v) is 11.9. The lowest BCUT2D eigenvalue weighted by Gasteiger charge is -2.42. The lowest BCUT2D eigenvalue weighted by Crippen LogP contribution is -2.50. The predicted molar refractivity (Wildman–Crippen MR) is 136 cm³/mol. The van der Waals surface area contributed by atoms with E-state index in [1.54, 1.807) is 24.3 Å². The Morgan fingerprint density at radius 2 is 1.77 bits per heavy atom. The van der Waals surface area contributed by atoms with Crippen molar-refractivity contribution in [3.63, 3.8) is 0 Å². The molecule has 2 atom stereocenters. The van der Waals surface area contributed by atoms with Crippen LogP contribution in [-0.4, -0.2) is 28.6 Å². The molecule has 1 fully saturated rings. The van der Waals surface area contributed by atoms with Crippen LogP contribution in [0.5, 0.6) is 0 Å². The van der Waals surface area contributed by atoms with Crippen molar-refractivity contribution < 1.29 is 4.79 Å². The van der Waals surface area contributed by atoms with Gasteiger partial charge in [-0.05, 0) is 65.1 Å². The van der Waals surface area contributed by atoms with Crippen LogP contribution in [0.2, 0.25) is 0 Å². The third kappa shape index (κ3) is 3.85. The van der Waals surface area contributed by atoms with Crippen LogP contribution in [0, 0.1) is 17.2 Å². The molecule has 0 saturated carbocycles. The summed E-state index contributed by atoms with van der Waals surface area (Å²) in [6.07, 6.45) is 0.975. The van der Waals surface area contributed by atoms with E-state index in [1.807, 2.05) is 33.7 Å². The van der Waals surface area contributed by atoms with E-state index in [0.29, 0.717) is 36.4 Å². The first-order chi connectivity index (χ1) is 17.1. The summed E-state index contributed by atoms with van der Waals surface area (Å²) in [5, 5.41) is 14.3. The minimum atomic E-state index is -0.168. The molecule has 0 unspecified atom stereocenters. The molecule has 6 nitrogen and oxygen atoms in total. The van der Waals surface area contributed by atoms with E-state index >= 15 is 0 Å². The fraction of sp³-hybridized carbons (Fsp3) is 0.207. The number of nitriles is 1. The van der Waals surface area contributed by atoms with Crippen molar-refractivity contribution in [3.05, 3.63) is 100 Å². The quantitative estimate of drug-likeness (QED) is 0.447. The number of anilines is 1. The molecule has 0 spiro atoms. The number of urea groups is 1. The molecule has 2 aliphatic rings. The second kappa shape index (κ2) is 8.44. The van der Waals surface area contributed by atoms with Gasteiger partial charge in [0.2, 0.25) is 0 Å². The lowest BCUT2D eigenvalue weighted by atomic mass is 9.83. The highest BCUT2D eigenvalue weighted by molar-refractivity contribution is 5.90. The average Bonchev–Trinajstić information content (AvgIpc) is 2.89. The van der Waals surface area contributed by atoms with Crippen molar-refractivity contribution in [3.8, 4) is 17.2 Å². The molecule has 3 aromatic carbocycles. The predicted octanol–water partition coefficient (Wildman–Crippen LogP) is 5.19. The Morgan fingerprint density at radius 1 is 0.914 bits per heavy atom. The Hall–Kier alpha value is -4.37. The number of aromatic nitrogens is 1. The van der Waals surface area contributed by atoms with Crippen molar-refractivity contribution in [1.82, 2.24) is 9.47 Å². The van der Waals surface area contributed by atoms with Gasteiger partial charge in [0.25, 0.3) is 5.56 Å². The Balaban J connectivity index is 1.26. The van der Waals surface area contributed by atoms with Crippen LogP contribution >= 0.6 is 0 Å². The molecular weight excluding hydrogens is 436 g/mol. The van der Waals surface area contributed by atoms with E-state index in [4.69, 9.17) is 5.26 Å². The molecule has 0 aliphatic carbocycles. The van der Waals surface area contributed by atoms with Gasteiger partial charge in [0, 0.05) is 42.5 Å². The SMILES string of the molecule is N#Cc1cccc(NC(=O)N2C[C@@H]3C[C@H](C2)c2ccc(-c4ccc5ccccc5c4)c(=O)n2C3)c1. The number of hydrogen-bond donors (Lipinski definition) is 1. The number of benzene rings is 3. The summed E-state index contributed by atoms with van der Waals surface area (Å²) in [5.74, 6) is 0.346. The maximum atomic E-state index is 13.5. The Kier molecular flexibility index (Phi) is 5.11. The number of pyridine rings is 1. The number of rotatable bonds is 2. The van der Waals surface area contributed by atoms with E-state index < -0.39 is 0 Å². The summed E-state index contributed by atoms with van der Waals surface area (Å²) in [6, 6.07) is 27.2. The number of amides is 2. The van der Waals surface area contributed by atoms with Crippen molar-refractivity contribution in [2.75, 3.05) is 18.4 Å². The van der Waals surface area contributed by atoms with Crippen molar-refractivity contribution in [2.24, 2.45) is 5.92 Å². The third-order valence-corrected chi connectivity index (χ3v) is 7.19. The summed E-state index contributed by atoms with van der Waals surface area (Å²) in [6.45, 7) is 1.78. The van der Waals surface area contributed by atoms with Gasteiger partial charge >= 0.3 is 6.03 Å². The zero-order valence-corrected chi connectivity index (χ0v) is 19.1. The van der Waals surface area contributed by atoms with Crippen LogP contribution in [-0.2, 0) is 6.54 Å². The fourth-order valence-corrected chi connectivity index (χ4v) is 5.56. The highest BCUT2D eigenvalue weighted by Gasteiger charge is 2.36. The molecule has 6 rings (SSSR count). The number of carbonyl (C=O) groups excluding carboxylic acids is 1. The van der Waals surface area contributed by atoms with Crippen LogP contribution in [0.15, 0.2) is 83.7 Å². The van der Waals surface area contributed by atoms with Gasteiger partial charge in [-0.1, -0.05) is 42.5 Å². The summed E-state index contributed by atoms with van der Waals surface area (Å²) >= 11 is 0. The Bertz CT molecular complexity index is 1570. The van der Waals surface area contributed by atoms with Gasteiger partial charge in [-0.15, -0.1) is 0 Å². The summed E-state index contributed by atoms with van der Waals surface area (Å²) < 4.78 is 1.93. The number of likely N-dealkylation sites (tertiary alicyclic amines) is 1. The second-order valence-electron chi connectivity index (χ2n) is 9.48. The molecule has 2 bridgehead atoms. The van der Waals surface area contributed by atoms with Gasteiger partial charge in [-0.3, -0.25) is 4.79 Å². The second-order valence-corrected chi connectivity index (χ2v) is 9.48. The molecule has 2 amide bonds. The number of carbonyl (C=O) groups is 1. The fourth-order valence-electron chi connectivity index (χ4n) is 5.56. The molecule has 35 heavy (non-hydrogen) atoms. The first kappa shape index (κ1) is 21.2. The molecule has 172 valence electrons. The molecule has 1 N–H and O–H groups in total. The summed E-state index contributed by atoms with van der Waals surface area (Å²) in [7, 11) is 0. The van der Waals surface area contributed by atoms with Gasteiger partial charge in [0.15, 0.2) is 0 Å². The zero-order chi connectivity index (χ0) is 23.9. The lowest BCUT2D eigenvalue weighted by molar-refractivity contribution is 0.139. The van der Waals surface area contributed by atoms with E-state index in [-0.39, 0.29) is 23.4 Å². The molecule has 6 heteroatoms. The highest BCUT2D eigenvalue weighted by Crippen LogP contribution is 2.36. The number of piperidine rings is 1. The monoisotopic (exact) mass is 460 g/mol. The minimum Gasteiger partial charge on any atom is -0.324 e. The number of fused-ring (bicyclic) bond motifs is 5. The molecule has 1 saturated heterocycles. The van der Waals surface area contributed by atoms with E-state index in [9.17, 15) is 9.59 Å². The molecule has 2 aliphatic heterocycles. The van der Waals surface area contributed by atoms with Gasteiger partial charge in [-0.25, -0.2) is 4.79 Å². The summed E-state index contributed by atoms with van der Waals surface area (Å²) in [4.78, 5) is 28.4. The van der Waals surface area contributed by atoms with Crippen molar-refractivity contribution in [1.29, 1.82) is 5.26 Å². The van der Waals surface area contributed by atoms with Gasteiger partial charge in [-0.2, -0.15) is 5.26 Å². The van der Waals surface area contributed by atoms with Crippen LogP contribution < -0.4 is 10.9 Å². The van der Waals surface area contributed by atoms with E-state index in [2.05, 4.69) is 41.7 Å². The van der Waals surface area contributed by atoms with E-state index in [0.717, 1.165) is 28.5 Å². The van der Waals surface area contributed by atoms with Crippen LogP contribution in [0.4, 0.5) is 10.5 Å². The van der Waals surface area contributed by atoms with Crippen molar-refractivity contribution in [2.45, 2.75) is 18.9 Å². The largest absolute Gasteiger partial charge is 0.324 e. The van der Waals surface area contributed by atoms with Crippen LogP contribution in [0.3, 0.4) is 0 Å². The zero-order valence-electron chi connectivity index (χ0n) is 19.1. The van der Waals surface area contributed by atoms with Crippen LogP contribution in [0.1, 0.15) is 23.6 Å². The van der Waals surface area contributed by atoms with Gasteiger partial charge in [0.1, 0.15) is 0 Å². The van der Waals surface area contributed by atoms with Crippen LogP contribution in [0.25, 0.3) is 21.9 Å². The molecule has 1 aromatic heterocycles. The Labute approximate surface area is 203 Å². The number of hydrogen-bond acceptors (Lipinski definition) is 3. The average molecular weight is 461 g/mol. The Morgan fingerprint density at radius 3 is 2.63 bits per heavy atom. The van der Waals surface area contributed by atoms with Gasteiger partial charge in [0.05, 0.1) is 11.6 Å². The topological polar surface area (TPSA) is 78.1 Å². The van der Waals surface area contributed by atoms with E-state index in [1.165, 1.54) is 0 Å². The number of nitrogens with zero attached hydrogens (tertiary/aromatic N) is 3. The normalized spacial score (nSPS) is 18.5. The molecule has 0 radical (unpaired) electrons. The highest BCUT2D eigenvalue weighted by atomic mass is 16.2. The maximum Gasteiger partial charge on any atom is 0.321 e. The van der Waals surface area contributed by atoms with Gasteiger partial charge < -0.3 is 14.8 Å². The molecule has 3 heterocycles.